The largest absolute Gasteiger partial charge is 0.322 e. The van der Waals surface area contributed by atoms with Gasteiger partial charge in [0.1, 0.15) is 17.2 Å². The van der Waals surface area contributed by atoms with E-state index in [1.807, 2.05) is 0 Å². The van der Waals surface area contributed by atoms with Gasteiger partial charge in [0.25, 0.3) is 11.8 Å². The van der Waals surface area contributed by atoms with Crippen molar-refractivity contribution >= 4 is 35.1 Å². The predicted molar refractivity (Wildman–Crippen MR) is 92.4 cm³/mol. The maximum Gasteiger partial charge on any atom is 0.322 e. The maximum atomic E-state index is 14.5. The highest BCUT2D eigenvalue weighted by Crippen LogP contribution is 2.42. The molecule has 9 heteroatoms. The molecule has 1 aliphatic carbocycles. The Hall–Kier alpha value is -3.00. The fraction of sp³-hybridized carbons (Fsp3) is 0.167. The number of fused-ring (bicyclic) bond motifs is 2. The van der Waals surface area contributed by atoms with E-state index in [0.29, 0.717) is 5.56 Å². The van der Waals surface area contributed by atoms with E-state index in [-0.39, 0.29) is 34.7 Å². The van der Waals surface area contributed by atoms with Gasteiger partial charge in [-0.25, -0.2) is 13.6 Å². The van der Waals surface area contributed by atoms with Crippen LogP contribution < -0.4 is 16.0 Å². The third-order valence-electron chi connectivity index (χ3n) is 4.80. The lowest BCUT2D eigenvalue weighted by molar-refractivity contribution is -0.124. The molecule has 4 amide bonds. The van der Waals surface area contributed by atoms with Gasteiger partial charge in [0.05, 0.1) is 5.02 Å². The van der Waals surface area contributed by atoms with Gasteiger partial charge in [-0.15, -0.1) is 0 Å². The first-order chi connectivity index (χ1) is 12.8. The highest BCUT2D eigenvalue weighted by Gasteiger charge is 2.53. The molecule has 1 atom stereocenters. The summed E-state index contributed by atoms with van der Waals surface area (Å²) in [4.78, 5) is 36.5. The minimum atomic E-state index is -1.51. The Labute approximate surface area is 156 Å². The number of amides is 4. The quantitative estimate of drug-likeness (QED) is 0.688. The van der Waals surface area contributed by atoms with Crippen molar-refractivity contribution < 1.29 is 23.2 Å². The van der Waals surface area contributed by atoms with Gasteiger partial charge in [0, 0.05) is 16.8 Å². The van der Waals surface area contributed by atoms with E-state index in [0.717, 1.165) is 12.1 Å². The summed E-state index contributed by atoms with van der Waals surface area (Å²) in [5.41, 5.74) is -0.734. The fourth-order valence-electron chi connectivity index (χ4n) is 3.61. The zero-order valence-corrected chi connectivity index (χ0v) is 14.4. The predicted octanol–water partition coefficient (Wildman–Crippen LogP) is 2.85. The Morgan fingerprint density at radius 1 is 1.15 bits per heavy atom. The molecule has 2 aliphatic rings. The topological polar surface area (TPSA) is 87.3 Å². The van der Waals surface area contributed by atoms with E-state index in [9.17, 15) is 23.2 Å². The summed E-state index contributed by atoms with van der Waals surface area (Å²) >= 11 is 5.71. The van der Waals surface area contributed by atoms with Gasteiger partial charge in [-0.2, -0.15) is 0 Å². The van der Waals surface area contributed by atoms with Crippen molar-refractivity contribution in [3.8, 4) is 0 Å². The van der Waals surface area contributed by atoms with Crippen LogP contribution in [0, 0.1) is 11.6 Å². The third kappa shape index (κ3) is 2.64. The Bertz CT molecular complexity index is 1030. The maximum absolute atomic E-state index is 14.5. The molecular formula is C18H12ClF2N3O3. The fourth-order valence-corrected chi connectivity index (χ4v) is 3.79. The van der Waals surface area contributed by atoms with Crippen LogP contribution in [-0.4, -0.2) is 17.8 Å². The van der Waals surface area contributed by atoms with E-state index in [1.54, 1.807) is 0 Å². The number of hydrogen-bond acceptors (Lipinski definition) is 3. The van der Waals surface area contributed by atoms with Crippen LogP contribution in [0.5, 0.6) is 0 Å². The van der Waals surface area contributed by atoms with E-state index in [1.165, 1.54) is 18.2 Å². The molecule has 2 aromatic rings. The average molecular weight is 392 g/mol. The number of carbonyl (C=O) groups excluding carboxylic acids is 3. The first-order valence-corrected chi connectivity index (χ1v) is 8.41. The number of imide groups is 1. The summed E-state index contributed by atoms with van der Waals surface area (Å²) in [7, 11) is 0. The van der Waals surface area contributed by atoms with Crippen LogP contribution in [0.15, 0.2) is 30.3 Å². The molecule has 0 bridgehead atoms. The van der Waals surface area contributed by atoms with Crippen LogP contribution in [-0.2, 0) is 16.8 Å². The number of benzene rings is 2. The minimum Gasteiger partial charge on any atom is -0.322 e. The molecule has 1 heterocycles. The molecular weight excluding hydrogens is 380 g/mol. The first-order valence-electron chi connectivity index (χ1n) is 8.04. The number of carbonyl (C=O) groups is 3. The number of urea groups is 1. The van der Waals surface area contributed by atoms with Crippen LogP contribution >= 0.6 is 11.6 Å². The van der Waals surface area contributed by atoms with Crippen molar-refractivity contribution in [3.63, 3.8) is 0 Å². The molecule has 1 aliphatic heterocycles. The number of hydrogen-bond donors (Lipinski definition) is 3. The number of rotatable bonds is 2. The highest BCUT2D eigenvalue weighted by molar-refractivity contribution is 6.31. The number of nitrogens with one attached hydrogen (secondary N) is 3. The zero-order chi connectivity index (χ0) is 19.3. The summed E-state index contributed by atoms with van der Waals surface area (Å²) in [6, 6.07) is 5.39. The van der Waals surface area contributed by atoms with Crippen LogP contribution in [0.1, 0.15) is 27.9 Å². The van der Waals surface area contributed by atoms with Crippen LogP contribution in [0.25, 0.3) is 0 Å². The van der Waals surface area contributed by atoms with Crippen molar-refractivity contribution in [3.05, 3.63) is 63.7 Å². The molecule has 2 aromatic carbocycles. The summed E-state index contributed by atoms with van der Waals surface area (Å²) in [6.07, 6.45) is 0.372. The van der Waals surface area contributed by atoms with Crippen molar-refractivity contribution in [1.29, 1.82) is 0 Å². The Morgan fingerprint density at radius 2 is 1.89 bits per heavy atom. The number of halogens is 3. The van der Waals surface area contributed by atoms with E-state index in [4.69, 9.17) is 11.6 Å². The molecule has 1 spiro atoms. The summed E-state index contributed by atoms with van der Waals surface area (Å²) < 4.78 is 27.8. The molecule has 0 aromatic heterocycles. The Balaban J connectivity index is 1.73. The Kier molecular flexibility index (Phi) is 3.88. The molecule has 138 valence electrons. The number of anilines is 1. The van der Waals surface area contributed by atoms with Crippen molar-refractivity contribution in [2.24, 2.45) is 0 Å². The van der Waals surface area contributed by atoms with Crippen molar-refractivity contribution in [2.75, 3.05) is 5.32 Å². The van der Waals surface area contributed by atoms with Crippen LogP contribution in [0.2, 0.25) is 5.02 Å². The lowest BCUT2D eigenvalue weighted by atomic mass is 9.90. The molecule has 1 saturated heterocycles. The van der Waals surface area contributed by atoms with E-state index in [2.05, 4.69) is 16.0 Å². The molecule has 3 N–H and O–H groups in total. The summed E-state index contributed by atoms with van der Waals surface area (Å²) in [6.45, 7) is 0. The molecule has 6 nitrogen and oxygen atoms in total. The minimum absolute atomic E-state index is 0.00404. The average Bonchev–Trinajstić information content (AvgIpc) is 3.12. The van der Waals surface area contributed by atoms with Crippen molar-refractivity contribution in [2.45, 2.75) is 18.4 Å². The van der Waals surface area contributed by atoms with Crippen LogP contribution in [0.4, 0.5) is 19.3 Å². The third-order valence-corrected chi connectivity index (χ3v) is 5.09. The van der Waals surface area contributed by atoms with Crippen LogP contribution in [0.3, 0.4) is 0 Å². The normalized spacial score (nSPS) is 20.4. The standard InChI is InChI=1S/C18H12ClF2N3O3/c19-11-7-8(1-3-12(11)20)22-15(25)10-2-4-13(21)14-9(10)5-6-18(14)16(26)23-17(27)24-18/h1-4,7H,5-6H2,(H,22,25)(H2,23,24,26,27). The van der Waals surface area contributed by atoms with E-state index < -0.39 is 35.0 Å². The smallest absolute Gasteiger partial charge is 0.322 e. The molecule has 0 saturated carbocycles. The molecule has 1 unspecified atom stereocenters. The molecule has 4 rings (SSSR count). The molecule has 0 radical (unpaired) electrons. The van der Waals surface area contributed by atoms with Gasteiger partial charge in [-0.1, -0.05) is 11.6 Å². The van der Waals surface area contributed by atoms with Gasteiger partial charge in [0.15, 0.2) is 0 Å². The zero-order valence-electron chi connectivity index (χ0n) is 13.7. The van der Waals surface area contributed by atoms with Gasteiger partial charge in [-0.3, -0.25) is 14.9 Å². The second kappa shape index (κ2) is 6.02. The highest BCUT2D eigenvalue weighted by atomic mass is 35.5. The first kappa shape index (κ1) is 17.4. The van der Waals surface area contributed by atoms with Gasteiger partial charge >= 0.3 is 6.03 Å². The lowest BCUT2D eigenvalue weighted by Crippen LogP contribution is -2.42. The molecule has 27 heavy (non-hydrogen) atoms. The second-order valence-corrected chi connectivity index (χ2v) is 6.75. The second-order valence-electron chi connectivity index (χ2n) is 6.35. The Morgan fingerprint density at radius 3 is 2.56 bits per heavy atom. The molecule has 1 fully saturated rings. The van der Waals surface area contributed by atoms with Gasteiger partial charge in [0.2, 0.25) is 0 Å². The monoisotopic (exact) mass is 391 g/mol. The van der Waals surface area contributed by atoms with Gasteiger partial charge < -0.3 is 10.6 Å². The van der Waals surface area contributed by atoms with Crippen molar-refractivity contribution in [1.82, 2.24) is 10.6 Å². The lowest BCUT2D eigenvalue weighted by Gasteiger charge is -2.22. The summed E-state index contributed by atoms with van der Waals surface area (Å²) in [5.74, 6) is -2.51. The summed E-state index contributed by atoms with van der Waals surface area (Å²) in [5, 5.41) is 7.01. The van der Waals surface area contributed by atoms with Gasteiger partial charge in [-0.05, 0) is 48.7 Å². The van der Waals surface area contributed by atoms with E-state index >= 15 is 0 Å². The SMILES string of the molecule is O=C1NC(=O)C2(CCc3c(C(=O)Nc4ccc(F)c(Cl)c4)ccc(F)c32)N1.